The Morgan fingerprint density at radius 2 is 1.64 bits per heavy atom. The largest absolute Gasteiger partial charge is 0.372 e. The van der Waals surface area contributed by atoms with Gasteiger partial charge in [-0.05, 0) is 64.3 Å². The number of aromatic nitrogens is 1. The molecule has 0 saturated carbocycles. The molecule has 0 bridgehead atoms. The lowest BCUT2D eigenvalue weighted by molar-refractivity contribution is -0.0262. The van der Waals surface area contributed by atoms with Gasteiger partial charge in [-0.3, -0.25) is 0 Å². The van der Waals surface area contributed by atoms with Gasteiger partial charge in [0.1, 0.15) is 12.2 Å². The van der Waals surface area contributed by atoms with Crippen LogP contribution in [0.25, 0.3) is 20.8 Å². The van der Waals surface area contributed by atoms with Crippen molar-refractivity contribution in [2.75, 3.05) is 31.1 Å². The fraction of sp³-hybridized carbons (Fsp3) is 0.556. The summed E-state index contributed by atoms with van der Waals surface area (Å²) < 4.78 is 15.7. The van der Waals surface area contributed by atoms with Crippen molar-refractivity contribution in [1.82, 2.24) is 9.56 Å². The van der Waals surface area contributed by atoms with E-state index in [4.69, 9.17) is 14.5 Å². The molecule has 176 valence electrons. The zero-order chi connectivity index (χ0) is 23.3. The molecule has 3 heterocycles. The van der Waals surface area contributed by atoms with Crippen LogP contribution in [-0.4, -0.2) is 55.6 Å². The second-order valence-corrected chi connectivity index (χ2v) is 11.0. The van der Waals surface area contributed by atoms with E-state index in [1.54, 1.807) is 0 Å². The van der Waals surface area contributed by atoms with Crippen LogP contribution in [0.2, 0.25) is 0 Å². The highest BCUT2D eigenvalue weighted by Gasteiger charge is 2.27. The van der Waals surface area contributed by atoms with Crippen molar-refractivity contribution in [2.24, 2.45) is 0 Å². The maximum Gasteiger partial charge on any atom is 0.201 e. The summed E-state index contributed by atoms with van der Waals surface area (Å²) in [5.41, 5.74) is 6.13. The Labute approximate surface area is 201 Å². The topological polar surface area (TPSA) is 37.6 Å². The van der Waals surface area contributed by atoms with E-state index in [9.17, 15) is 0 Å². The van der Waals surface area contributed by atoms with Crippen LogP contribution >= 0.6 is 11.3 Å². The molecule has 1 aromatic rings. The molecule has 33 heavy (non-hydrogen) atoms. The van der Waals surface area contributed by atoms with E-state index in [0.29, 0.717) is 0 Å². The SMILES string of the molecule is CCc1cc(=[N+]2CC(C)OC(C)C2)cc2sc3cc(N4CC(C)OC(C)C4)cc(C)c3nc1-2. The number of ether oxygens (including phenoxy) is 2. The summed E-state index contributed by atoms with van der Waals surface area (Å²) in [6, 6.07) is 9.33. The fourth-order valence-electron chi connectivity index (χ4n) is 5.45. The molecule has 1 aromatic carbocycles. The minimum atomic E-state index is 0.246. The first-order chi connectivity index (χ1) is 15.8. The number of rotatable bonds is 2. The van der Waals surface area contributed by atoms with E-state index in [0.717, 1.165) is 43.8 Å². The second kappa shape index (κ2) is 8.97. The average molecular weight is 467 g/mol. The quantitative estimate of drug-likeness (QED) is 0.413. The van der Waals surface area contributed by atoms with Crippen LogP contribution in [0, 0.1) is 6.92 Å². The van der Waals surface area contributed by atoms with Crippen LogP contribution in [0.15, 0.2) is 24.3 Å². The molecule has 1 aliphatic carbocycles. The standard InChI is InChI=1S/C27H36N3O2S/c1-7-21-9-23(30-14-19(5)32-20(6)15-30)11-25-27(21)28-26-16(2)8-22(10-24(26)33-25)29-12-17(3)31-18(4)13-29/h8-11,17-20H,7,12-15H2,1-6H3/q+1. The van der Waals surface area contributed by atoms with Crippen LogP contribution in [0.4, 0.5) is 5.69 Å². The van der Waals surface area contributed by atoms with E-state index in [2.05, 4.69) is 75.3 Å². The third-order valence-corrected chi connectivity index (χ3v) is 7.85. The minimum absolute atomic E-state index is 0.246. The van der Waals surface area contributed by atoms with E-state index >= 15 is 0 Å². The summed E-state index contributed by atoms with van der Waals surface area (Å²) in [6.45, 7) is 16.8. The monoisotopic (exact) mass is 466 g/mol. The van der Waals surface area contributed by atoms with Crippen LogP contribution < -0.4 is 14.8 Å². The zero-order valence-corrected chi connectivity index (χ0v) is 21.5. The molecule has 0 radical (unpaired) electrons. The summed E-state index contributed by atoms with van der Waals surface area (Å²) in [5.74, 6) is 0. The van der Waals surface area contributed by atoms with Crippen molar-refractivity contribution in [3.63, 3.8) is 0 Å². The first kappa shape index (κ1) is 22.8. The number of aryl methyl sites for hydroxylation is 2. The Kier molecular flexibility index (Phi) is 6.19. The predicted octanol–water partition coefficient (Wildman–Crippen LogP) is 4.46. The Morgan fingerprint density at radius 3 is 2.30 bits per heavy atom. The number of anilines is 1. The zero-order valence-electron chi connectivity index (χ0n) is 20.7. The van der Waals surface area contributed by atoms with E-state index in [1.165, 1.54) is 31.7 Å². The van der Waals surface area contributed by atoms with Gasteiger partial charge in [-0.25, -0.2) is 9.56 Å². The molecule has 4 atom stereocenters. The molecule has 5 rings (SSSR count). The third kappa shape index (κ3) is 4.53. The van der Waals surface area contributed by atoms with Crippen molar-refractivity contribution in [3.05, 3.63) is 40.7 Å². The van der Waals surface area contributed by atoms with Crippen molar-refractivity contribution < 1.29 is 9.47 Å². The van der Waals surface area contributed by atoms with Crippen LogP contribution in [0.1, 0.15) is 45.7 Å². The molecular formula is C27H36N3O2S+. The molecule has 4 unspecified atom stereocenters. The summed E-state index contributed by atoms with van der Waals surface area (Å²) in [5, 5.41) is 1.29. The van der Waals surface area contributed by atoms with Crippen molar-refractivity contribution >= 4 is 27.2 Å². The highest BCUT2D eigenvalue weighted by atomic mass is 32.1. The Bertz CT molecular complexity index is 1200. The highest BCUT2D eigenvalue weighted by molar-refractivity contribution is 7.21. The maximum absolute atomic E-state index is 5.97. The lowest BCUT2D eigenvalue weighted by atomic mass is 10.1. The number of nitrogens with zero attached hydrogens (tertiary/aromatic N) is 3. The van der Waals surface area contributed by atoms with Crippen molar-refractivity contribution in [3.8, 4) is 10.6 Å². The van der Waals surface area contributed by atoms with Gasteiger partial charge in [0.25, 0.3) is 0 Å². The van der Waals surface area contributed by atoms with E-state index in [-0.39, 0.29) is 24.4 Å². The lowest BCUT2D eigenvalue weighted by Gasteiger charge is -2.37. The van der Waals surface area contributed by atoms with Gasteiger partial charge in [-0.15, -0.1) is 11.3 Å². The van der Waals surface area contributed by atoms with Crippen LogP contribution in [0.3, 0.4) is 0 Å². The Balaban J connectivity index is 1.66. The van der Waals surface area contributed by atoms with E-state index in [1.807, 2.05) is 11.3 Å². The van der Waals surface area contributed by atoms with Gasteiger partial charge in [-0.1, -0.05) is 6.92 Å². The summed E-state index contributed by atoms with van der Waals surface area (Å²) in [7, 11) is 0. The molecular weight excluding hydrogens is 430 g/mol. The van der Waals surface area contributed by atoms with Crippen molar-refractivity contribution in [2.45, 2.75) is 72.4 Å². The summed E-state index contributed by atoms with van der Waals surface area (Å²) in [6.07, 6.45) is 1.96. The van der Waals surface area contributed by atoms with Gasteiger partial charge in [0.15, 0.2) is 13.1 Å². The number of hydrogen-bond donors (Lipinski definition) is 0. The summed E-state index contributed by atoms with van der Waals surface area (Å²) in [4.78, 5) is 8.94. The van der Waals surface area contributed by atoms with Crippen LogP contribution in [0.5, 0.6) is 0 Å². The van der Waals surface area contributed by atoms with Gasteiger partial charge in [0, 0.05) is 30.9 Å². The molecule has 3 aliphatic heterocycles. The Morgan fingerprint density at radius 1 is 0.970 bits per heavy atom. The Hall–Kier alpha value is -2.02. The maximum atomic E-state index is 5.97. The van der Waals surface area contributed by atoms with Gasteiger partial charge < -0.3 is 14.4 Å². The summed E-state index contributed by atoms with van der Waals surface area (Å²) >= 11 is 1.88. The highest BCUT2D eigenvalue weighted by Crippen LogP contribution is 2.36. The van der Waals surface area contributed by atoms with Gasteiger partial charge >= 0.3 is 0 Å². The average Bonchev–Trinajstić information content (AvgIpc) is 2.75. The number of hydrogen-bond acceptors (Lipinski definition) is 5. The molecule has 0 N–H and O–H groups in total. The number of morpholine rings is 2. The molecule has 6 heteroatoms. The molecule has 0 aromatic heterocycles. The first-order valence-electron chi connectivity index (χ1n) is 12.3. The normalized spacial score (nSPS) is 26.4. The minimum Gasteiger partial charge on any atom is -0.372 e. The van der Waals surface area contributed by atoms with Crippen molar-refractivity contribution in [1.29, 1.82) is 0 Å². The van der Waals surface area contributed by atoms with Gasteiger partial charge in [0.05, 0.1) is 33.0 Å². The number of fused-ring (bicyclic) bond motifs is 2. The van der Waals surface area contributed by atoms with Gasteiger partial charge in [0.2, 0.25) is 5.36 Å². The van der Waals surface area contributed by atoms with Gasteiger partial charge in [-0.2, -0.15) is 0 Å². The predicted molar refractivity (Wildman–Crippen MR) is 138 cm³/mol. The molecule has 4 aliphatic rings. The fourth-order valence-corrected chi connectivity index (χ4v) is 6.62. The molecule has 2 fully saturated rings. The molecule has 0 amide bonds. The first-order valence-corrected chi connectivity index (χ1v) is 13.1. The molecule has 5 nitrogen and oxygen atoms in total. The third-order valence-electron chi connectivity index (χ3n) is 6.78. The van der Waals surface area contributed by atoms with E-state index < -0.39 is 0 Å². The molecule has 2 saturated heterocycles. The smallest absolute Gasteiger partial charge is 0.201 e. The van der Waals surface area contributed by atoms with Crippen LogP contribution in [-0.2, 0) is 15.9 Å². The number of benzene rings is 2. The lowest BCUT2D eigenvalue weighted by Crippen LogP contribution is -2.47. The second-order valence-electron chi connectivity index (χ2n) is 9.95. The molecule has 0 spiro atoms.